The van der Waals surface area contributed by atoms with Gasteiger partial charge in [0.1, 0.15) is 6.04 Å². The Kier molecular flexibility index (Phi) is 3.41. The Labute approximate surface area is 105 Å². The summed E-state index contributed by atoms with van der Waals surface area (Å²) in [7, 11) is 0. The van der Waals surface area contributed by atoms with Crippen LogP contribution in [0, 0.1) is 0 Å². The number of rotatable bonds is 2. The number of carboxylic acids is 1. The Morgan fingerprint density at radius 3 is 2.81 bits per heavy atom. The van der Waals surface area contributed by atoms with Gasteiger partial charge < -0.3 is 10.0 Å². The minimum atomic E-state index is -0.957. The lowest BCUT2D eigenvalue weighted by Crippen LogP contribution is -2.41. The minimum Gasteiger partial charge on any atom is -0.480 e. The van der Waals surface area contributed by atoms with E-state index in [4.69, 9.17) is 16.7 Å². The molecule has 1 atom stereocenters. The predicted molar refractivity (Wildman–Crippen MR) is 64.2 cm³/mol. The van der Waals surface area contributed by atoms with Gasteiger partial charge in [-0.05, 0) is 12.1 Å². The van der Waals surface area contributed by atoms with Crippen LogP contribution in [-0.4, -0.2) is 39.6 Å². The Morgan fingerprint density at radius 1 is 1.50 bits per heavy atom. The van der Waals surface area contributed by atoms with E-state index in [2.05, 4.69) is 0 Å². The van der Waals surface area contributed by atoms with Crippen molar-refractivity contribution in [2.45, 2.75) is 6.04 Å². The second kappa shape index (κ2) is 4.65. The van der Waals surface area contributed by atoms with E-state index in [0.29, 0.717) is 20.8 Å². The number of halogens is 1. The highest BCUT2D eigenvalue weighted by Gasteiger charge is 2.35. The van der Waals surface area contributed by atoms with Gasteiger partial charge in [0.2, 0.25) is 0 Å². The molecule has 1 aromatic rings. The number of carboxylic acid groups (broad SMARTS) is 1. The lowest BCUT2D eigenvalue weighted by atomic mass is 10.3. The SMILES string of the molecule is O=C(O)[C@@H]1CSCN1C(=O)c1ccc(Cl)s1. The Hall–Kier alpha value is -0.720. The minimum absolute atomic E-state index is 0.255. The third-order valence-corrected chi connectivity index (χ3v) is 4.44. The van der Waals surface area contributed by atoms with Crippen LogP contribution in [0.15, 0.2) is 12.1 Å². The first-order valence-electron chi connectivity index (χ1n) is 4.46. The number of hydrogen-bond acceptors (Lipinski definition) is 4. The van der Waals surface area contributed by atoms with Crippen molar-refractivity contribution in [2.75, 3.05) is 11.6 Å². The van der Waals surface area contributed by atoms with Crippen LogP contribution in [-0.2, 0) is 4.79 Å². The first-order chi connectivity index (χ1) is 7.59. The molecule has 2 rings (SSSR count). The molecule has 0 radical (unpaired) electrons. The predicted octanol–water partition coefficient (Wildman–Crippen LogP) is 2.00. The van der Waals surface area contributed by atoms with Gasteiger partial charge in [0, 0.05) is 5.75 Å². The average molecular weight is 278 g/mol. The molecule has 0 unspecified atom stereocenters. The molecule has 0 saturated carbocycles. The summed E-state index contributed by atoms with van der Waals surface area (Å²) in [4.78, 5) is 24.8. The molecule has 7 heteroatoms. The fourth-order valence-electron chi connectivity index (χ4n) is 1.42. The summed E-state index contributed by atoms with van der Waals surface area (Å²) in [5.74, 6) is -0.346. The number of amides is 1. The van der Waals surface area contributed by atoms with Crippen LogP contribution < -0.4 is 0 Å². The van der Waals surface area contributed by atoms with Gasteiger partial charge in [-0.15, -0.1) is 23.1 Å². The summed E-state index contributed by atoms with van der Waals surface area (Å²) in [6, 6.07) is 2.54. The quantitative estimate of drug-likeness (QED) is 0.898. The summed E-state index contributed by atoms with van der Waals surface area (Å²) in [5, 5.41) is 8.95. The Bertz CT molecular complexity index is 434. The van der Waals surface area contributed by atoms with E-state index < -0.39 is 12.0 Å². The maximum atomic E-state index is 12.0. The number of thioether (sulfide) groups is 1. The van der Waals surface area contributed by atoms with Gasteiger partial charge in [-0.3, -0.25) is 4.79 Å². The van der Waals surface area contributed by atoms with Crippen molar-refractivity contribution in [1.29, 1.82) is 0 Å². The third kappa shape index (κ3) is 2.18. The number of carbonyl (C=O) groups excluding carboxylic acids is 1. The first-order valence-corrected chi connectivity index (χ1v) is 6.81. The number of thiophene rings is 1. The van der Waals surface area contributed by atoms with E-state index >= 15 is 0 Å². The number of carbonyl (C=O) groups is 2. The molecule has 0 aliphatic carbocycles. The van der Waals surface area contributed by atoms with E-state index in [1.165, 1.54) is 28.0 Å². The highest BCUT2D eigenvalue weighted by atomic mass is 35.5. The van der Waals surface area contributed by atoms with Crippen molar-refractivity contribution in [3.05, 3.63) is 21.3 Å². The standard InChI is InChI=1S/C9H8ClNO3S2/c10-7-2-1-6(16-7)8(12)11-4-15-3-5(11)9(13)14/h1-2,5H,3-4H2,(H,13,14)/t5-/m0/s1. The van der Waals surface area contributed by atoms with E-state index in [9.17, 15) is 9.59 Å². The average Bonchev–Trinajstić information content (AvgIpc) is 2.84. The highest BCUT2D eigenvalue weighted by molar-refractivity contribution is 7.99. The van der Waals surface area contributed by atoms with Crippen LogP contribution in [0.3, 0.4) is 0 Å². The first kappa shape index (κ1) is 11.8. The molecular formula is C9H8ClNO3S2. The van der Waals surface area contributed by atoms with Crippen LogP contribution in [0.5, 0.6) is 0 Å². The molecule has 1 N–H and O–H groups in total. The molecule has 1 fully saturated rings. The summed E-state index contributed by atoms with van der Waals surface area (Å²) in [6.07, 6.45) is 0. The van der Waals surface area contributed by atoms with Crippen LogP contribution in [0.1, 0.15) is 9.67 Å². The van der Waals surface area contributed by atoms with E-state index in [1.807, 2.05) is 0 Å². The number of hydrogen-bond donors (Lipinski definition) is 1. The molecular weight excluding hydrogens is 270 g/mol. The van der Waals surface area contributed by atoms with Crippen molar-refractivity contribution >= 4 is 46.6 Å². The van der Waals surface area contributed by atoms with Gasteiger partial charge in [0.25, 0.3) is 5.91 Å². The normalized spacial score (nSPS) is 20.1. The molecule has 0 bridgehead atoms. The van der Waals surface area contributed by atoms with Crippen LogP contribution in [0.25, 0.3) is 0 Å². The fraction of sp³-hybridized carbons (Fsp3) is 0.333. The summed E-state index contributed by atoms with van der Waals surface area (Å²) >= 11 is 8.35. The van der Waals surface area contributed by atoms with E-state index in [0.717, 1.165) is 0 Å². The van der Waals surface area contributed by atoms with Crippen molar-refractivity contribution in [3.63, 3.8) is 0 Å². The molecule has 1 aromatic heterocycles. The maximum Gasteiger partial charge on any atom is 0.327 e. The second-order valence-electron chi connectivity index (χ2n) is 3.23. The molecule has 1 aliphatic heterocycles. The molecule has 2 heterocycles. The van der Waals surface area contributed by atoms with Crippen molar-refractivity contribution in [2.24, 2.45) is 0 Å². The molecule has 4 nitrogen and oxygen atoms in total. The zero-order chi connectivity index (χ0) is 11.7. The fourth-order valence-corrected chi connectivity index (χ4v) is 3.56. The lowest BCUT2D eigenvalue weighted by Gasteiger charge is -2.19. The Balaban J connectivity index is 2.18. The highest BCUT2D eigenvalue weighted by Crippen LogP contribution is 2.27. The van der Waals surface area contributed by atoms with Crippen molar-refractivity contribution < 1.29 is 14.7 Å². The lowest BCUT2D eigenvalue weighted by molar-refractivity contribution is -0.140. The topological polar surface area (TPSA) is 57.6 Å². The Morgan fingerprint density at radius 2 is 2.25 bits per heavy atom. The van der Waals surface area contributed by atoms with Gasteiger partial charge >= 0.3 is 5.97 Å². The van der Waals surface area contributed by atoms with Gasteiger partial charge in [-0.2, -0.15) is 0 Å². The molecule has 1 saturated heterocycles. The zero-order valence-electron chi connectivity index (χ0n) is 8.05. The number of aliphatic carboxylic acids is 1. The van der Waals surface area contributed by atoms with Crippen LogP contribution in [0.4, 0.5) is 0 Å². The molecule has 0 spiro atoms. The molecule has 1 amide bonds. The molecule has 1 aliphatic rings. The van der Waals surface area contributed by atoms with Crippen molar-refractivity contribution in [1.82, 2.24) is 4.90 Å². The summed E-state index contributed by atoms with van der Waals surface area (Å²) < 4.78 is 0.530. The van der Waals surface area contributed by atoms with Crippen molar-refractivity contribution in [3.8, 4) is 0 Å². The molecule has 86 valence electrons. The van der Waals surface area contributed by atoms with E-state index in [-0.39, 0.29) is 5.91 Å². The van der Waals surface area contributed by atoms with Gasteiger partial charge in [-0.1, -0.05) is 11.6 Å². The van der Waals surface area contributed by atoms with Gasteiger partial charge in [0.15, 0.2) is 0 Å². The number of nitrogens with zero attached hydrogens (tertiary/aromatic N) is 1. The summed E-state index contributed by atoms with van der Waals surface area (Å²) in [6.45, 7) is 0. The zero-order valence-corrected chi connectivity index (χ0v) is 10.4. The maximum absolute atomic E-state index is 12.0. The van der Waals surface area contributed by atoms with Crippen LogP contribution in [0.2, 0.25) is 4.34 Å². The molecule has 0 aromatic carbocycles. The monoisotopic (exact) mass is 277 g/mol. The molecule has 16 heavy (non-hydrogen) atoms. The third-order valence-electron chi connectivity index (χ3n) is 2.21. The van der Waals surface area contributed by atoms with Crippen LogP contribution >= 0.6 is 34.7 Å². The smallest absolute Gasteiger partial charge is 0.327 e. The second-order valence-corrected chi connectivity index (χ2v) is 5.95. The summed E-state index contributed by atoms with van der Waals surface area (Å²) in [5.41, 5.74) is 0. The van der Waals surface area contributed by atoms with E-state index in [1.54, 1.807) is 12.1 Å². The van der Waals surface area contributed by atoms with Gasteiger partial charge in [-0.25, -0.2) is 4.79 Å². The largest absolute Gasteiger partial charge is 0.480 e. The van der Waals surface area contributed by atoms with Gasteiger partial charge in [0.05, 0.1) is 15.1 Å².